The molecule has 0 N–H and O–H groups in total. The van der Waals surface area contributed by atoms with Crippen molar-refractivity contribution in [2.45, 2.75) is 34.6 Å². The molecule has 41 heavy (non-hydrogen) atoms. The minimum atomic E-state index is -0.834. The second kappa shape index (κ2) is 18.5. The first-order chi connectivity index (χ1) is 19.2. The Kier molecular flexibility index (Phi) is 16.7. The fourth-order valence-corrected chi connectivity index (χ4v) is 4.22. The minimum Gasteiger partial charge on any atom is -0.462 e. The van der Waals surface area contributed by atoms with Crippen LogP contribution in [-0.4, -0.2) is 30.9 Å². The Morgan fingerprint density at radius 1 is 0.659 bits per heavy atom. The molecule has 5 nitrogen and oxygen atoms in total. The molecule has 0 amide bonds. The molecule has 0 bridgehead atoms. The molecule has 0 aliphatic heterocycles. The van der Waals surface area contributed by atoms with E-state index in [1.807, 2.05) is 32.0 Å². The number of carbonyl (C=O) groups is 3. The number of hydrogen-bond donors (Lipinski definition) is 0. The van der Waals surface area contributed by atoms with Crippen LogP contribution in [0.15, 0.2) is 63.6 Å². The lowest BCUT2D eigenvalue weighted by molar-refractivity contribution is -0.137. The van der Waals surface area contributed by atoms with Crippen LogP contribution in [0.4, 0.5) is 0 Å². The van der Waals surface area contributed by atoms with E-state index in [2.05, 4.69) is 20.7 Å². The fraction of sp³-hybridized carbons (Fsp3) is 0.233. The van der Waals surface area contributed by atoms with E-state index < -0.39 is 17.7 Å². The fourth-order valence-electron chi connectivity index (χ4n) is 3.02. The summed E-state index contributed by atoms with van der Waals surface area (Å²) < 4.78 is 10.5. The van der Waals surface area contributed by atoms with Gasteiger partial charge in [-0.05, 0) is 105 Å². The van der Waals surface area contributed by atoms with Crippen LogP contribution in [0.2, 0.25) is 15.1 Å². The van der Waals surface area contributed by atoms with Gasteiger partial charge in [0.2, 0.25) is 0 Å². The molecule has 220 valence electrons. The molecule has 3 rings (SSSR count). The lowest BCUT2D eigenvalue weighted by atomic mass is 10.1. The van der Waals surface area contributed by atoms with Gasteiger partial charge in [0.25, 0.3) is 5.78 Å². The summed E-state index contributed by atoms with van der Waals surface area (Å²) in [6.07, 6.45) is 0. The molecule has 0 aromatic heterocycles. The SMILES string of the molecule is CCOC(=O)C(=C(Cl)Cl)c1ccc(Cl)c(C)c1.CCOC(=O)C(=O)c1ccc(Cl)c(C)c1.Cc1cc(Br)ccc1Cl. The Hall–Kier alpha value is -2.06. The summed E-state index contributed by atoms with van der Waals surface area (Å²) >= 11 is 32.2. The van der Waals surface area contributed by atoms with Crippen molar-refractivity contribution in [2.24, 2.45) is 0 Å². The van der Waals surface area contributed by atoms with Gasteiger partial charge in [0.05, 0.1) is 18.8 Å². The molecule has 0 atom stereocenters. The van der Waals surface area contributed by atoms with E-state index in [9.17, 15) is 14.4 Å². The lowest BCUT2D eigenvalue weighted by Crippen LogP contribution is -2.17. The number of esters is 2. The van der Waals surface area contributed by atoms with Crippen molar-refractivity contribution in [1.82, 2.24) is 0 Å². The number of hydrogen-bond acceptors (Lipinski definition) is 5. The Labute approximate surface area is 273 Å². The first kappa shape index (κ1) is 37.0. The van der Waals surface area contributed by atoms with Crippen LogP contribution in [0.1, 0.15) is 46.5 Å². The highest BCUT2D eigenvalue weighted by atomic mass is 79.9. The highest BCUT2D eigenvalue weighted by molar-refractivity contribution is 9.10. The first-order valence-electron chi connectivity index (χ1n) is 12.1. The standard InChI is InChI=1S/C12H11Cl3O2.C11H11ClO3.C7H6BrCl/c1-3-17-12(16)10(11(14)15)8-4-5-9(13)7(2)6-8;1-3-15-11(14)10(13)8-4-5-9(12)7(2)6-8;1-5-4-6(8)2-3-7(5)9/h4-6H,3H2,1-2H3;4-6H,3H2,1-2H3;2-4H,1H3. The zero-order valence-electron chi connectivity index (χ0n) is 22.9. The molecule has 0 saturated heterocycles. The average Bonchev–Trinajstić information content (AvgIpc) is 2.90. The molecule has 0 aliphatic carbocycles. The number of halogens is 6. The van der Waals surface area contributed by atoms with Crippen molar-refractivity contribution in [2.75, 3.05) is 13.2 Å². The third-order valence-corrected chi connectivity index (χ3v) is 7.26. The molecule has 3 aromatic carbocycles. The number of ketones is 1. The molecule has 0 radical (unpaired) electrons. The number of aryl methyl sites for hydroxylation is 3. The third kappa shape index (κ3) is 12.4. The monoisotopic (exact) mass is 722 g/mol. The van der Waals surface area contributed by atoms with Crippen LogP contribution in [0.3, 0.4) is 0 Å². The minimum absolute atomic E-state index is 0.120. The highest BCUT2D eigenvalue weighted by Gasteiger charge is 2.18. The molecule has 0 unspecified atom stereocenters. The van der Waals surface area contributed by atoms with Gasteiger partial charge in [0, 0.05) is 25.1 Å². The Bertz CT molecular complexity index is 1420. The zero-order valence-corrected chi connectivity index (χ0v) is 28.3. The number of benzene rings is 3. The Balaban J connectivity index is 0.000000321. The van der Waals surface area contributed by atoms with Gasteiger partial charge in [-0.25, -0.2) is 9.59 Å². The van der Waals surface area contributed by atoms with Crippen LogP contribution in [0.25, 0.3) is 5.57 Å². The second-order valence-corrected chi connectivity index (χ2v) is 11.3. The van der Waals surface area contributed by atoms with E-state index in [0.717, 1.165) is 26.2 Å². The van der Waals surface area contributed by atoms with Gasteiger partial charge < -0.3 is 9.47 Å². The third-order valence-electron chi connectivity index (χ3n) is 5.12. The maximum atomic E-state index is 11.7. The molecular formula is C30H28BrCl5O5. The quantitative estimate of drug-likeness (QED) is 0.110. The van der Waals surface area contributed by atoms with Crippen LogP contribution in [0.5, 0.6) is 0 Å². The summed E-state index contributed by atoms with van der Waals surface area (Å²) in [5, 5.41) is 2.00. The van der Waals surface area contributed by atoms with Gasteiger partial charge in [0.15, 0.2) is 0 Å². The largest absolute Gasteiger partial charge is 0.462 e. The molecule has 0 heterocycles. The van der Waals surface area contributed by atoms with Gasteiger partial charge in [0.1, 0.15) is 4.49 Å². The van der Waals surface area contributed by atoms with Gasteiger partial charge >= 0.3 is 11.9 Å². The van der Waals surface area contributed by atoms with Crippen molar-refractivity contribution in [3.63, 3.8) is 0 Å². The van der Waals surface area contributed by atoms with Gasteiger partial charge in [-0.2, -0.15) is 0 Å². The van der Waals surface area contributed by atoms with Crippen molar-refractivity contribution in [3.8, 4) is 0 Å². The van der Waals surface area contributed by atoms with Gasteiger partial charge in [-0.1, -0.05) is 80.0 Å². The second-order valence-electron chi connectivity index (χ2n) is 8.23. The van der Waals surface area contributed by atoms with E-state index in [0.29, 0.717) is 21.2 Å². The Morgan fingerprint density at radius 3 is 1.49 bits per heavy atom. The maximum Gasteiger partial charge on any atom is 0.379 e. The summed E-state index contributed by atoms with van der Waals surface area (Å²) in [6, 6.07) is 15.5. The molecular weight excluding hydrogens is 697 g/mol. The van der Waals surface area contributed by atoms with Crippen LogP contribution in [-0.2, 0) is 19.1 Å². The van der Waals surface area contributed by atoms with Crippen molar-refractivity contribution >= 4 is 97.2 Å². The van der Waals surface area contributed by atoms with Gasteiger partial charge in [-0.3, -0.25) is 4.79 Å². The number of rotatable bonds is 6. The summed E-state index contributed by atoms with van der Waals surface area (Å²) in [4.78, 5) is 34.3. The number of carbonyl (C=O) groups excluding carboxylic acids is 3. The van der Waals surface area contributed by atoms with Crippen molar-refractivity contribution < 1.29 is 23.9 Å². The van der Waals surface area contributed by atoms with E-state index in [1.165, 1.54) is 6.07 Å². The molecule has 0 spiro atoms. The van der Waals surface area contributed by atoms with E-state index >= 15 is 0 Å². The summed E-state index contributed by atoms with van der Waals surface area (Å²) in [5.41, 5.74) is 3.73. The van der Waals surface area contributed by atoms with Crippen molar-refractivity contribution in [3.05, 3.63) is 106 Å². The predicted octanol–water partition coefficient (Wildman–Crippen LogP) is 10.2. The normalized spacial score (nSPS) is 9.83. The van der Waals surface area contributed by atoms with Crippen LogP contribution < -0.4 is 0 Å². The molecule has 0 aliphatic rings. The molecule has 3 aromatic rings. The number of Topliss-reactive ketones (excluding diaryl/α,β-unsaturated/α-hetero) is 1. The lowest BCUT2D eigenvalue weighted by Gasteiger charge is -2.08. The van der Waals surface area contributed by atoms with Gasteiger partial charge in [-0.15, -0.1) is 0 Å². The zero-order chi connectivity index (χ0) is 31.3. The predicted molar refractivity (Wildman–Crippen MR) is 172 cm³/mol. The molecule has 0 saturated carbocycles. The number of ether oxygens (including phenoxy) is 2. The first-order valence-corrected chi connectivity index (χ1v) is 14.8. The summed E-state index contributed by atoms with van der Waals surface area (Å²) in [7, 11) is 0. The smallest absolute Gasteiger partial charge is 0.379 e. The Morgan fingerprint density at radius 2 is 1.07 bits per heavy atom. The van der Waals surface area contributed by atoms with E-state index in [1.54, 1.807) is 51.1 Å². The topological polar surface area (TPSA) is 69.7 Å². The van der Waals surface area contributed by atoms with Crippen LogP contribution >= 0.6 is 73.9 Å². The van der Waals surface area contributed by atoms with Crippen molar-refractivity contribution in [1.29, 1.82) is 0 Å². The van der Waals surface area contributed by atoms with Crippen LogP contribution in [0, 0.1) is 20.8 Å². The maximum absolute atomic E-state index is 11.7. The molecule has 11 heteroatoms. The highest BCUT2D eigenvalue weighted by Crippen LogP contribution is 2.28. The van der Waals surface area contributed by atoms with E-state index in [-0.39, 0.29) is 23.3 Å². The average molecular weight is 726 g/mol. The summed E-state index contributed by atoms with van der Waals surface area (Å²) in [5.74, 6) is -2.02. The van der Waals surface area contributed by atoms with E-state index in [4.69, 9.17) is 62.7 Å². The molecule has 0 fully saturated rings. The summed E-state index contributed by atoms with van der Waals surface area (Å²) in [6.45, 7) is 9.39.